The Labute approximate surface area is 96.4 Å². The zero-order chi connectivity index (χ0) is 11.6. The first-order chi connectivity index (χ1) is 7.59. The van der Waals surface area contributed by atoms with Crippen LogP contribution >= 0.6 is 0 Å². The van der Waals surface area contributed by atoms with E-state index in [4.69, 9.17) is 4.74 Å². The van der Waals surface area contributed by atoms with Crippen LogP contribution in [0.4, 0.5) is 5.82 Å². The normalized spacial score (nSPS) is 24.7. The molecule has 0 bridgehead atoms. The van der Waals surface area contributed by atoms with E-state index in [2.05, 4.69) is 22.2 Å². The molecule has 1 aromatic rings. The largest absolute Gasteiger partial charge is 0.373 e. The summed E-state index contributed by atoms with van der Waals surface area (Å²) < 4.78 is 5.72. The van der Waals surface area contributed by atoms with Crippen molar-refractivity contribution in [2.24, 2.45) is 0 Å². The Morgan fingerprint density at radius 3 is 3.00 bits per heavy atom. The Kier molecular flexibility index (Phi) is 3.10. The summed E-state index contributed by atoms with van der Waals surface area (Å²) in [4.78, 5) is 8.72. The van der Waals surface area contributed by atoms with Crippen LogP contribution < -0.4 is 5.32 Å². The van der Waals surface area contributed by atoms with Crippen molar-refractivity contribution in [1.82, 2.24) is 9.97 Å². The van der Waals surface area contributed by atoms with Gasteiger partial charge in [0.25, 0.3) is 0 Å². The molecule has 0 aromatic carbocycles. The van der Waals surface area contributed by atoms with Gasteiger partial charge in [0.2, 0.25) is 0 Å². The SMILES string of the molecule is Cc1cnc(C)c(NCC2(C)CCCO2)n1. The molecule has 4 nitrogen and oxygen atoms in total. The van der Waals surface area contributed by atoms with Gasteiger partial charge in [-0.05, 0) is 33.6 Å². The third-order valence-corrected chi connectivity index (χ3v) is 3.01. The lowest BCUT2D eigenvalue weighted by molar-refractivity contribution is 0.0314. The smallest absolute Gasteiger partial charge is 0.147 e. The first-order valence-corrected chi connectivity index (χ1v) is 5.77. The van der Waals surface area contributed by atoms with Crippen LogP contribution in [0.25, 0.3) is 0 Å². The van der Waals surface area contributed by atoms with E-state index in [0.717, 1.165) is 43.2 Å². The monoisotopic (exact) mass is 221 g/mol. The fraction of sp³-hybridized carbons (Fsp3) is 0.667. The van der Waals surface area contributed by atoms with Crippen molar-refractivity contribution in [3.8, 4) is 0 Å². The zero-order valence-corrected chi connectivity index (χ0v) is 10.2. The molecule has 0 saturated carbocycles. The summed E-state index contributed by atoms with van der Waals surface area (Å²) in [5.41, 5.74) is 1.83. The van der Waals surface area contributed by atoms with Gasteiger partial charge in [-0.2, -0.15) is 0 Å². The van der Waals surface area contributed by atoms with Crippen molar-refractivity contribution in [2.75, 3.05) is 18.5 Å². The van der Waals surface area contributed by atoms with E-state index in [1.807, 2.05) is 13.8 Å². The second kappa shape index (κ2) is 4.37. The summed E-state index contributed by atoms with van der Waals surface area (Å²) in [6.45, 7) is 7.73. The Bertz CT molecular complexity index is 373. The van der Waals surface area contributed by atoms with E-state index in [0.29, 0.717) is 0 Å². The fourth-order valence-electron chi connectivity index (χ4n) is 1.95. The van der Waals surface area contributed by atoms with E-state index >= 15 is 0 Å². The molecule has 1 aliphatic rings. The van der Waals surface area contributed by atoms with Crippen LogP contribution in [0.1, 0.15) is 31.2 Å². The predicted octanol–water partition coefficient (Wildman–Crippen LogP) is 2.07. The van der Waals surface area contributed by atoms with Crippen molar-refractivity contribution in [2.45, 2.75) is 39.2 Å². The minimum absolute atomic E-state index is 0.0438. The molecule has 4 heteroatoms. The van der Waals surface area contributed by atoms with Gasteiger partial charge >= 0.3 is 0 Å². The van der Waals surface area contributed by atoms with Gasteiger partial charge in [-0.1, -0.05) is 0 Å². The summed E-state index contributed by atoms with van der Waals surface area (Å²) in [6.07, 6.45) is 4.04. The maximum absolute atomic E-state index is 5.72. The molecule has 0 amide bonds. The maximum Gasteiger partial charge on any atom is 0.147 e. The van der Waals surface area contributed by atoms with Crippen molar-refractivity contribution in [1.29, 1.82) is 0 Å². The molecular weight excluding hydrogens is 202 g/mol. The number of aryl methyl sites for hydroxylation is 2. The number of hydrogen-bond acceptors (Lipinski definition) is 4. The van der Waals surface area contributed by atoms with Crippen LogP contribution in [0, 0.1) is 13.8 Å². The molecule has 1 atom stereocenters. The standard InChI is InChI=1S/C12H19N3O/c1-9-7-13-10(2)11(15-9)14-8-12(3)5-4-6-16-12/h7H,4-6,8H2,1-3H3,(H,14,15). The molecule has 0 radical (unpaired) electrons. The van der Waals surface area contributed by atoms with Gasteiger partial charge < -0.3 is 10.1 Å². The maximum atomic E-state index is 5.72. The third kappa shape index (κ3) is 2.50. The molecule has 1 saturated heterocycles. The summed E-state index contributed by atoms with van der Waals surface area (Å²) in [5, 5.41) is 3.34. The quantitative estimate of drug-likeness (QED) is 0.848. The molecule has 1 fully saturated rings. The lowest BCUT2D eigenvalue weighted by Gasteiger charge is -2.24. The average Bonchev–Trinajstić information content (AvgIpc) is 2.67. The highest BCUT2D eigenvalue weighted by atomic mass is 16.5. The molecule has 2 rings (SSSR count). The predicted molar refractivity (Wildman–Crippen MR) is 63.6 cm³/mol. The Morgan fingerprint density at radius 1 is 1.50 bits per heavy atom. The van der Waals surface area contributed by atoms with Crippen molar-refractivity contribution >= 4 is 5.82 Å². The average molecular weight is 221 g/mol. The van der Waals surface area contributed by atoms with Gasteiger partial charge in [-0.3, -0.25) is 4.98 Å². The third-order valence-electron chi connectivity index (χ3n) is 3.01. The number of anilines is 1. The molecule has 1 unspecified atom stereocenters. The van der Waals surface area contributed by atoms with Crippen molar-refractivity contribution < 1.29 is 4.74 Å². The van der Waals surface area contributed by atoms with Gasteiger partial charge in [-0.25, -0.2) is 4.98 Å². The van der Waals surface area contributed by atoms with Crippen LogP contribution in [0.3, 0.4) is 0 Å². The Morgan fingerprint density at radius 2 is 2.31 bits per heavy atom. The highest BCUT2D eigenvalue weighted by molar-refractivity contribution is 5.39. The first-order valence-electron chi connectivity index (χ1n) is 5.77. The van der Waals surface area contributed by atoms with E-state index in [1.165, 1.54) is 0 Å². The molecule has 0 spiro atoms. The molecule has 2 heterocycles. The van der Waals surface area contributed by atoms with E-state index < -0.39 is 0 Å². The number of nitrogens with zero attached hydrogens (tertiary/aromatic N) is 2. The molecule has 1 N–H and O–H groups in total. The minimum atomic E-state index is -0.0438. The van der Waals surface area contributed by atoms with E-state index in [9.17, 15) is 0 Å². The number of nitrogens with one attached hydrogen (secondary N) is 1. The summed E-state index contributed by atoms with van der Waals surface area (Å²) in [5.74, 6) is 0.872. The summed E-state index contributed by atoms with van der Waals surface area (Å²) in [6, 6.07) is 0. The number of rotatable bonds is 3. The lowest BCUT2D eigenvalue weighted by Crippen LogP contribution is -2.33. The van der Waals surface area contributed by atoms with Crippen molar-refractivity contribution in [3.63, 3.8) is 0 Å². The fourth-order valence-corrected chi connectivity index (χ4v) is 1.95. The molecule has 1 aliphatic heterocycles. The molecule has 16 heavy (non-hydrogen) atoms. The molecule has 0 aliphatic carbocycles. The zero-order valence-electron chi connectivity index (χ0n) is 10.2. The summed E-state index contributed by atoms with van der Waals surface area (Å²) >= 11 is 0. The van der Waals surface area contributed by atoms with Crippen LogP contribution in [0.15, 0.2) is 6.20 Å². The van der Waals surface area contributed by atoms with Crippen LogP contribution in [-0.4, -0.2) is 28.7 Å². The Hall–Kier alpha value is -1.16. The van der Waals surface area contributed by atoms with Gasteiger partial charge in [0.05, 0.1) is 17.0 Å². The van der Waals surface area contributed by atoms with Gasteiger partial charge in [0.1, 0.15) is 5.82 Å². The van der Waals surface area contributed by atoms with Crippen LogP contribution in [0.5, 0.6) is 0 Å². The summed E-state index contributed by atoms with van der Waals surface area (Å²) in [7, 11) is 0. The molecule has 88 valence electrons. The topological polar surface area (TPSA) is 47.0 Å². The van der Waals surface area contributed by atoms with Gasteiger partial charge in [-0.15, -0.1) is 0 Å². The molecule has 1 aromatic heterocycles. The van der Waals surface area contributed by atoms with Crippen LogP contribution in [0.2, 0.25) is 0 Å². The van der Waals surface area contributed by atoms with Gasteiger partial charge in [0.15, 0.2) is 0 Å². The second-order valence-electron chi connectivity index (χ2n) is 4.70. The second-order valence-corrected chi connectivity index (χ2v) is 4.70. The number of aromatic nitrogens is 2. The van der Waals surface area contributed by atoms with Gasteiger partial charge in [0, 0.05) is 19.3 Å². The van der Waals surface area contributed by atoms with E-state index in [1.54, 1.807) is 6.20 Å². The number of hydrogen-bond donors (Lipinski definition) is 1. The van der Waals surface area contributed by atoms with E-state index in [-0.39, 0.29) is 5.60 Å². The van der Waals surface area contributed by atoms with Crippen molar-refractivity contribution in [3.05, 3.63) is 17.6 Å². The number of ether oxygens (including phenoxy) is 1. The van der Waals surface area contributed by atoms with Crippen LogP contribution in [-0.2, 0) is 4.74 Å². The first kappa shape index (κ1) is 11.3. The Balaban J connectivity index is 2.01. The minimum Gasteiger partial charge on any atom is -0.373 e. The molecular formula is C12H19N3O. The highest BCUT2D eigenvalue weighted by Crippen LogP contribution is 2.25. The highest BCUT2D eigenvalue weighted by Gasteiger charge is 2.29. The lowest BCUT2D eigenvalue weighted by atomic mass is 10.0.